The number of rotatable bonds is 6. The van der Waals surface area contributed by atoms with Gasteiger partial charge in [0.25, 0.3) is 11.6 Å². The number of carbonyl (C=O) groups excluding carboxylic acids is 1. The van der Waals surface area contributed by atoms with Crippen LogP contribution in [0.25, 0.3) is 6.08 Å². The lowest BCUT2D eigenvalue weighted by Gasteiger charge is -2.05. The van der Waals surface area contributed by atoms with Gasteiger partial charge in [0.1, 0.15) is 16.7 Å². The highest BCUT2D eigenvalue weighted by Crippen LogP contribution is 2.26. The molecule has 0 saturated heterocycles. The summed E-state index contributed by atoms with van der Waals surface area (Å²) in [6, 6.07) is 15.5. The summed E-state index contributed by atoms with van der Waals surface area (Å²) >= 11 is 5.74. The molecule has 0 spiro atoms. The quantitative estimate of drug-likeness (QED) is 0.371. The van der Waals surface area contributed by atoms with E-state index < -0.39 is 10.8 Å². The molecule has 126 valence electrons. The predicted molar refractivity (Wildman–Crippen MR) is 94.9 cm³/mol. The summed E-state index contributed by atoms with van der Waals surface area (Å²) in [5, 5.41) is 22.7. The first kappa shape index (κ1) is 18.2. The third kappa shape index (κ3) is 5.16. The summed E-state index contributed by atoms with van der Waals surface area (Å²) in [6.45, 7) is 0.378. The predicted octanol–water partition coefficient (Wildman–Crippen LogP) is 3.51. The maximum Gasteiger partial charge on any atom is 0.288 e. The Morgan fingerprint density at radius 2 is 2.00 bits per heavy atom. The normalized spacial score (nSPS) is 10.8. The van der Waals surface area contributed by atoms with Crippen LogP contribution in [-0.2, 0) is 11.2 Å². The van der Waals surface area contributed by atoms with Gasteiger partial charge in [0.2, 0.25) is 0 Å². The van der Waals surface area contributed by atoms with Crippen molar-refractivity contribution >= 4 is 29.3 Å². The third-order valence-corrected chi connectivity index (χ3v) is 3.70. The average Bonchev–Trinajstić information content (AvgIpc) is 2.61. The molecule has 25 heavy (non-hydrogen) atoms. The Morgan fingerprint density at radius 1 is 1.28 bits per heavy atom. The van der Waals surface area contributed by atoms with Crippen molar-refractivity contribution in [3.8, 4) is 6.07 Å². The number of nitro benzene ring substituents is 1. The Hall–Kier alpha value is -3.17. The molecule has 7 heteroatoms. The number of nitrogens with one attached hydrogen (secondary N) is 1. The van der Waals surface area contributed by atoms with Crippen LogP contribution < -0.4 is 5.32 Å². The van der Waals surface area contributed by atoms with Crippen molar-refractivity contribution < 1.29 is 9.72 Å². The summed E-state index contributed by atoms with van der Waals surface area (Å²) < 4.78 is 0. The van der Waals surface area contributed by atoms with Crippen molar-refractivity contribution in [3.63, 3.8) is 0 Å². The van der Waals surface area contributed by atoms with Crippen LogP contribution in [0.4, 0.5) is 5.69 Å². The van der Waals surface area contributed by atoms with E-state index in [-0.39, 0.29) is 16.3 Å². The largest absolute Gasteiger partial charge is 0.351 e. The minimum absolute atomic E-state index is 0.00651. The SMILES string of the molecule is N#CC(=Cc1ccc(Cl)c([N+](=O)[O-])c1)C(=O)NCCc1ccccc1. The number of nitriles is 1. The van der Waals surface area contributed by atoms with Gasteiger partial charge in [-0.25, -0.2) is 0 Å². The second-order valence-electron chi connectivity index (χ2n) is 5.13. The van der Waals surface area contributed by atoms with E-state index in [1.807, 2.05) is 36.4 Å². The fourth-order valence-corrected chi connectivity index (χ4v) is 2.32. The van der Waals surface area contributed by atoms with E-state index in [0.29, 0.717) is 18.5 Å². The van der Waals surface area contributed by atoms with E-state index in [0.717, 1.165) is 5.56 Å². The van der Waals surface area contributed by atoms with Gasteiger partial charge in [0.15, 0.2) is 0 Å². The zero-order valence-electron chi connectivity index (χ0n) is 13.1. The topological polar surface area (TPSA) is 96.0 Å². The van der Waals surface area contributed by atoms with Gasteiger partial charge < -0.3 is 5.32 Å². The first-order valence-electron chi connectivity index (χ1n) is 7.39. The lowest BCUT2D eigenvalue weighted by molar-refractivity contribution is -0.384. The smallest absolute Gasteiger partial charge is 0.288 e. The van der Waals surface area contributed by atoms with E-state index >= 15 is 0 Å². The molecule has 0 heterocycles. The number of amides is 1. The van der Waals surface area contributed by atoms with Crippen molar-refractivity contribution in [2.75, 3.05) is 6.54 Å². The molecule has 1 N–H and O–H groups in total. The summed E-state index contributed by atoms with van der Waals surface area (Å²) in [5.74, 6) is -0.531. The van der Waals surface area contributed by atoms with Gasteiger partial charge in [0.05, 0.1) is 4.92 Å². The number of halogens is 1. The number of hydrogen-bond acceptors (Lipinski definition) is 4. The number of benzene rings is 2. The number of carbonyl (C=O) groups is 1. The van der Waals surface area contributed by atoms with Crippen LogP contribution in [0.3, 0.4) is 0 Å². The van der Waals surface area contributed by atoms with Crippen LogP contribution in [0, 0.1) is 21.4 Å². The number of hydrogen-bond donors (Lipinski definition) is 1. The zero-order chi connectivity index (χ0) is 18.2. The van der Waals surface area contributed by atoms with E-state index in [1.54, 1.807) is 0 Å². The molecule has 6 nitrogen and oxygen atoms in total. The highest BCUT2D eigenvalue weighted by Gasteiger charge is 2.14. The fraction of sp³-hybridized carbons (Fsp3) is 0.111. The lowest BCUT2D eigenvalue weighted by Crippen LogP contribution is -2.26. The van der Waals surface area contributed by atoms with Crippen LogP contribution in [0.15, 0.2) is 54.1 Å². The van der Waals surface area contributed by atoms with E-state index in [1.165, 1.54) is 24.3 Å². The highest BCUT2D eigenvalue weighted by atomic mass is 35.5. The second-order valence-corrected chi connectivity index (χ2v) is 5.54. The molecule has 2 rings (SSSR count). The minimum atomic E-state index is -0.619. The Balaban J connectivity index is 2.06. The highest BCUT2D eigenvalue weighted by molar-refractivity contribution is 6.32. The Bertz CT molecular complexity index is 858. The second kappa shape index (κ2) is 8.62. The van der Waals surface area contributed by atoms with Crippen LogP contribution in [0.5, 0.6) is 0 Å². The molecule has 0 aromatic heterocycles. The maximum absolute atomic E-state index is 12.1. The average molecular weight is 356 g/mol. The number of nitrogens with zero attached hydrogens (tertiary/aromatic N) is 2. The third-order valence-electron chi connectivity index (χ3n) is 3.39. The molecule has 0 fully saturated rings. The van der Waals surface area contributed by atoms with Crippen molar-refractivity contribution in [3.05, 3.63) is 80.4 Å². The van der Waals surface area contributed by atoms with Crippen LogP contribution >= 0.6 is 11.6 Å². The van der Waals surface area contributed by atoms with Gasteiger partial charge in [-0.1, -0.05) is 48.0 Å². The van der Waals surface area contributed by atoms with Gasteiger partial charge in [-0.2, -0.15) is 5.26 Å². The molecule has 1 amide bonds. The molecule has 0 aliphatic carbocycles. The standard InChI is InChI=1S/C18H14ClN3O3/c19-16-7-6-14(11-17(16)22(24)25)10-15(12-20)18(23)21-9-8-13-4-2-1-3-5-13/h1-7,10-11H,8-9H2,(H,21,23). The first-order valence-corrected chi connectivity index (χ1v) is 7.77. The van der Waals surface area contributed by atoms with E-state index in [2.05, 4.69) is 5.32 Å². The van der Waals surface area contributed by atoms with Crippen LogP contribution in [0.2, 0.25) is 5.02 Å². The summed E-state index contributed by atoms with van der Waals surface area (Å²) in [5.41, 5.74) is 1.01. The van der Waals surface area contributed by atoms with Gasteiger partial charge in [0, 0.05) is 12.6 Å². The van der Waals surface area contributed by atoms with Crippen molar-refractivity contribution in [2.45, 2.75) is 6.42 Å². The maximum atomic E-state index is 12.1. The van der Waals surface area contributed by atoms with Crippen molar-refractivity contribution in [1.82, 2.24) is 5.32 Å². The van der Waals surface area contributed by atoms with E-state index in [9.17, 15) is 14.9 Å². The zero-order valence-corrected chi connectivity index (χ0v) is 13.9. The molecule has 2 aromatic carbocycles. The Morgan fingerprint density at radius 3 is 2.64 bits per heavy atom. The fourth-order valence-electron chi connectivity index (χ4n) is 2.13. The number of nitro groups is 1. The van der Waals surface area contributed by atoms with Crippen molar-refractivity contribution in [2.24, 2.45) is 0 Å². The van der Waals surface area contributed by atoms with E-state index in [4.69, 9.17) is 16.9 Å². The summed E-state index contributed by atoms with van der Waals surface area (Å²) in [7, 11) is 0. The lowest BCUT2D eigenvalue weighted by atomic mass is 10.1. The molecular weight excluding hydrogens is 342 g/mol. The monoisotopic (exact) mass is 355 g/mol. The Labute approximate surface area is 149 Å². The first-order chi connectivity index (χ1) is 12.0. The molecule has 0 radical (unpaired) electrons. The van der Waals surface area contributed by atoms with Gasteiger partial charge >= 0.3 is 0 Å². The molecule has 0 bridgehead atoms. The van der Waals surface area contributed by atoms with Gasteiger partial charge in [-0.3, -0.25) is 14.9 Å². The molecule has 0 aliphatic rings. The molecular formula is C18H14ClN3O3. The van der Waals surface area contributed by atoms with Crippen LogP contribution in [-0.4, -0.2) is 17.4 Å². The molecule has 2 aromatic rings. The summed E-state index contributed by atoms with van der Waals surface area (Å²) in [6.07, 6.45) is 1.93. The van der Waals surface area contributed by atoms with Crippen LogP contribution in [0.1, 0.15) is 11.1 Å². The Kier molecular flexibility index (Phi) is 6.26. The molecule has 0 unspecified atom stereocenters. The minimum Gasteiger partial charge on any atom is -0.351 e. The molecule has 0 saturated carbocycles. The molecule has 0 atom stereocenters. The van der Waals surface area contributed by atoms with Gasteiger partial charge in [-0.15, -0.1) is 0 Å². The molecule has 0 aliphatic heterocycles. The van der Waals surface area contributed by atoms with Gasteiger partial charge in [-0.05, 0) is 29.7 Å². The summed E-state index contributed by atoms with van der Waals surface area (Å²) in [4.78, 5) is 22.4. The van der Waals surface area contributed by atoms with Crippen molar-refractivity contribution in [1.29, 1.82) is 5.26 Å².